The van der Waals surface area contributed by atoms with E-state index >= 15 is 0 Å². The summed E-state index contributed by atoms with van der Waals surface area (Å²) in [6.45, 7) is 1.40. The van der Waals surface area contributed by atoms with E-state index in [1.165, 1.54) is 0 Å². The molecular weight excluding hydrogens is 422 g/mol. The first-order chi connectivity index (χ1) is 15.8. The van der Waals surface area contributed by atoms with Gasteiger partial charge in [-0.2, -0.15) is 15.1 Å². The van der Waals surface area contributed by atoms with Crippen LogP contribution >= 0.6 is 11.8 Å². The van der Waals surface area contributed by atoms with Crippen molar-refractivity contribution in [1.29, 1.82) is 0 Å². The Balaban J connectivity index is 1.31. The second-order valence-corrected chi connectivity index (χ2v) is 8.35. The zero-order valence-corrected chi connectivity index (χ0v) is 18.3. The van der Waals surface area contributed by atoms with E-state index in [2.05, 4.69) is 41.4 Å². The molecule has 1 fully saturated rings. The fourth-order valence-electron chi connectivity index (χ4n) is 3.45. The number of nitrogens with one attached hydrogen (secondary N) is 2. The summed E-state index contributed by atoms with van der Waals surface area (Å²) in [5, 5.41) is 5.52. The summed E-state index contributed by atoms with van der Waals surface area (Å²) in [4.78, 5) is 18.9. The summed E-state index contributed by atoms with van der Waals surface area (Å²) < 4.78 is 5.87. The van der Waals surface area contributed by atoms with E-state index < -0.39 is 0 Å². The van der Waals surface area contributed by atoms with Gasteiger partial charge in [-0.05, 0) is 18.2 Å². The molecule has 1 aliphatic heterocycles. The molecular formula is C23H23N7OS. The number of anilines is 2. The Morgan fingerprint density at radius 2 is 2.12 bits per heavy atom. The summed E-state index contributed by atoms with van der Waals surface area (Å²) in [6, 6.07) is 16.2. The fourth-order valence-corrected chi connectivity index (χ4v) is 4.41. The third-order valence-electron chi connectivity index (χ3n) is 5.09. The molecule has 0 aliphatic carbocycles. The molecule has 0 amide bonds. The minimum Gasteiger partial charge on any atom is -0.463 e. The lowest BCUT2D eigenvalue weighted by atomic mass is 10.2. The summed E-state index contributed by atoms with van der Waals surface area (Å²) in [5.41, 5.74) is 6.09. The minimum absolute atomic E-state index is 0.333. The number of hydrazone groups is 1. The molecule has 0 atom stereocenters. The maximum absolute atomic E-state index is 5.87. The lowest BCUT2D eigenvalue weighted by Crippen LogP contribution is -2.20. The van der Waals surface area contributed by atoms with Crippen molar-refractivity contribution in [2.45, 2.75) is 6.42 Å². The second kappa shape index (κ2) is 9.69. The molecule has 1 aromatic carbocycles. The Morgan fingerprint density at radius 3 is 3.00 bits per heavy atom. The third-order valence-corrected chi connectivity index (χ3v) is 6.05. The maximum atomic E-state index is 5.87. The maximum Gasteiger partial charge on any atom is 0.320 e. The molecule has 3 aromatic heterocycles. The summed E-state index contributed by atoms with van der Waals surface area (Å²) in [5.74, 6) is 3.42. The van der Waals surface area contributed by atoms with Crippen LogP contribution in [0, 0.1) is 0 Å². The van der Waals surface area contributed by atoms with Crippen LogP contribution in [0.1, 0.15) is 11.3 Å². The highest BCUT2D eigenvalue weighted by molar-refractivity contribution is 7.99. The molecule has 0 bridgehead atoms. The number of ether oxygens (including phenoxy) is 1. The van der Waals surface area contributed by atoms with E-state index in [0.29, 0.717) is 24.9 Å². The molecule has 0 unspecified atom stereocenters. The first kappa shape index (κ1) is 20.3. The minimum atomic E-state index is 0.333. The third kappa shape index (κ3) is 4.83. The van der Waals surface area contributed by atoms with Gasteiger partial charge < -0.3 is 14.6 Å². The van der Waals surface area contributed by atoms with Gasteiger partial charge in [0.25, 0.3) is 0 Å². The molecule has 5 rings (SSSR count). The molecule has 2 N–H and O–H groups in total. The molecule has 0 radical (unpaired) electrons. The molecule has 0 saturated carbocycles. The zero-order chi connectivity index (χ0) is 21.6. The van der Waals surface area contributed by atoms with Crippen LogP contribution in [0.3, 0.4) is 0 Å². The van der Waals surface area contributed by atoms with E-state index in [4.69, 9.17) is 4.74 Å². The van der Waals surface area contributed by atoms with Gasteiger partial charge in [-0.25, -0.2) is 0 Å². The average Bonchev–Trinajstić information content (AvgIpc) is 3.51. The molecule has 32 heavy (non-hydrogen) atoms. The number of aromatic amines is 1. The molecule has 4 heterocycles. The van der Waals surface area contributed by atoms with Crippen LogP contribution in [0.4, 0.5) is 11.6 Å². The summed E-state index contributed by atoms with van der Waals surface area (Å²) in [7, 11) is 0. The molecule has 8 nitrogen and oxygen atoms in total. The van der Waals surface area contributed by atoms with E-state index in [-0.39, 0.29) is 0 Å². The number of rotatable bonds is 8. The van der Waals surface area contributed by atoms with E-state index in [1.807, 2.05) is 60.4 Å². The number of thioether (sulfide) groups is 1. The Hall–Kier alpha value is -3.59. The number of hydrogen-bond donors (Lipinski definition) is 2. The van der Waals surface area contributed by atoms with E-state index in [9.17, 15) is 0 Å². The van der Waals surface area contributed by atoms with Gasteiger partial charge in [0.05, 0.1) is 18.7 Å². The molecule has 1 saturated heterocycles. The number of H-pyrrole nitrogens is 1. The van der Waals surface area contributed by atoms with Crippen molar-refractivity contribution in [2.75, 3.05) is 35.1 Å². The van der Waals surface area contributed by atoms with Crippen molar-refractivity contribution in [3.8, 4) is 6.01 Å². The predicted octanol–water partition coefficient (Wildman–Crippen LogP) is 3.93. The van der Waals surface area contributed by atoms with Crippen LogP contribution in [-0.4, -0.2) is 50.9 Å². The van der Waals surface area contributed by atoms with Gasteiger partial charge in [0, 0.05) is 59.3 Å². The van der Waals surface area contributed by atoms with Crippen molar-refractivity contribution in [1.82, 2.24) is 19.9 Å². The van der Waals surface area contributed by atoms with E-state index in [1.54, 1.807) is 12.4 Å². The molecule has 0 spiro atoms. The van der Waals surface area contributed by atoms with Crippen LogP contribution in [0.2, 0.25) is 0 Å². The number of aromatic nitrogens is 4. The topological polar surface area (TPSA) is 91.3 Å². The molecule has 162 valence electrons. The quantitative estimate of drug-likeness (QED) is 0.314. The van der Waals surface area contributed by atoms with Crippen LogP contribution in [0.5, 0.6) is 6.01 Å². The molecule has 1 aliphatic rings. The molecule has 9 heteroatoms. The number of pyridine rings is 1. The van der Waals surface area contributed by atoms with Gasteiger partial charge in [0.1, 0.15) is 5.82 Å². The summed E-state index contributed by atoms with van der Waals surface area (Å²) >= 11 is 1.88. The van der Waals surface area contributed by atoms with Crippen LogP contribution in [0.15, 0.2) is 66.0 Å². The first-order valence-electron chi connectivity index (χ1n) is 10.4. The van der Waals surface area contributed by atoms with Gasteiger partial charge in [0.15, 0.2) is 5.82 Å². The predicted molar refractivity (Wildman–Crippen MR) is 130 cm³/mol. The van der Waals surface area contributed by atoms with Crippen LogP contribution in [-0.2, 0) is 6.42 Å². The van der Waals surface area contributed by atoms with Gasteiger partial charge in [0.2, 0.25) is 0 Å². The number of para-hydroxylation sites is 1. The SMILES string of the molecule is C(=N/Nc1cc(N2CCSC2)nc(OCCc2ccccn2)n1)/c1c[nH]c2ccccc12. The lowest BCUT2D eigenvalue weighted by molar-refractivity contribution is 0.295. The van der Waals surface area contributed by atoms with Gasteiger partial charge >= 0.3 is 6.01 Å². The smallest absolute Gasteiger partial charge is 0.320 e. The van der Waals surface area contributed by atoms with Crippen molar-refractivity contribution in [3.05, 3.63) is 72.2 Å². The van der Waals surface area contributed by atoms with Gasteiger partial charge in [-0.15, -0.1) is 11.8 Å². The van der Waals surface area contributed by atoms with Crippen molar-refractivity contribution in [3.63, 3.8) is 0 Å². The Bertz CT molecular complexity index is 1210. The van der Waals surface area contributed by atoms with Crippen molar-refractivity contribution >= 4 is 40.5 Å². The van der Waals surface area contributed by atoms with Gasteiger partial charge in [-0.3, -0.25) is 10.4 Å². The fraction of sp³-hybridized carbons (Fsp3) is 0.217. The highest BCUT2D eigenvalue weighted by Gasteiger charge is 2.17. The van der Waals surface area contributed by atoms with Crippen molar-refractivity contribution < 1.29 is 4.74 Å². The van der Waals surface area contributed by atoms with Crippen LogP contribution < -0.4 is 15.1 Å². The lowest BCUT2D eigenvalue weighted by Gasteiger charge is -2.17. The van der Waals surface area contributed by atoms with Crippen molar-refractivity contribution in [2.24, 2.45) is 5.10 Å². The number of hydrogen-bond acceptors (Lipinski definition) is 8. The van der Waals surface area contributed by atoms with Gasteiger partial charge in [-0.1, -0.05) is 24.3 Å². The highest BCUT2D eigenvalue weighted by atomic mass is 32.2. The standard InChI is InChI=1S/C23H23N7OS/c1-2-7-20-19(6-1)17(14-25-20)15-26-29-21-13-22(30-10-12-32-16-30)28-23(27-21)31-11-8-18-5-3-4-9-24-18/h1-7,9,13-15,25H,8,10-12,16H2,(H,27,28,29)/b26-15-. The zero-order valence-electron chi connectivity index (χ0n) is 17.4. The molecule has 4 aromatic rings. The summed E-state index contributed by atoms with van der Waals surface area (Å²) in [6.07, 6.45) is 6.20. The Kier molecular flexibility index (Phi) is 6.16. The Labute approximate surface area is 190 Å². The Morgan fingerprint density at radius 1 is 1.19 bits per heavy atom. The average molecular weight is 446 g/mol. The number of nitrogens with zero attached hydrogens (tertiary/aromatic N) is 5. The number of benzene rings is 1. The largest absolute Gasteiger partial charge is 0.463 e. The number of fused-ring (bicyclic) bond motifs is 1. The van der Waals surface area contributed by atoms with Crippen LogP contribution in [0.25, 0.3) is 10.9 Å². The van der Waals surface area contributed by atoms with E-state index in [0.717, 1.165) is 46.2 Å². The first-order valence-corrected chi connectivity index (χ1v) is 11.6. The normalized spacial score (nSPS) is 13.8. The monoisotopic (exact) mass is 445 g/mol. The highest BCUT2D eigenvalue weighted by Crippen LogP contribution is 2.25. The second-order valence-electron chi connectivity index (χ2n) is 7.27.